The zero-order chi connectivity index (χ0) is 17.1. The number of hydrogen-bond acceptors (Lipinski definition) is 3. The van der Waals surface area contributed by atoms with Gasteiger partial charge in [0.25, 0.3) is 0 Å². The summed E-state index contributed by atoms with van der Waals surface area (Å²) in [6.07, 6.45) is 0. The Bertz CT molecular complexity index is 981. The van der Waals surface area contributed by atoms with E-state index in [9.17, 15) is 0 Å². The Balaban J connectivity index is 1.86. The Morgan fingerprint density at radius 3 is 1.88 bits per heavy atom. The number of para-hydroxylation sites is 1. The average molecular weight is 342 g/mol. The minimum Gasteiger partial charge on any atom is -0.310 e. The van der Waals surface area contributed by atoms with Crippen LogP contribution in [0.15, 0.2) is 102 Å². The molecule has 2 N–H and O–H groups in total. The summed E-state index contributed by atoms with van der Waals surface area (Å²) in [6.45, 7) is 0. The molecule has 25 heavy (non-hydrogen) atoms. The highest BCUT2D eigenvalue weighted by molar-refractivity contribution is 7.97. The number of rotatable bonds is 4. The van der Waals surface area contributed by atoms with Gasteiger partial charge in [0, 0.05) is 22.0 Å². The van der Waals surface area contributed by atoms with Crippen molar-refractivity contribution in [3.05, 3.63) is 97.1 Å². The summed E-state index contributed by atoms with van der Waals surface area (Å²) < 4.78 is 0. The van der Waals surface area contributed by atoms with Crippen molar-refractivity contribution in [2.75, 3.05) is 4.90 Å². The predicted octanol–water partition coefficient (Wildman–Crippen LogP) is 6.28. The van der Waals surface area contributed by atoms with Gasteiger partial charge in [-0.15, -0.1) is 0 Å². The number of fused-ring (bicyclic) bond motifs is 1. The number of benzene rings is 4. The Morgan fingerprint density at radius 2 is 1.16 bits per heavy atom. The molecule has 0 amide bonds. The Hall–Kier alpha value is -2.75. The van der Waals surface area contributed by atoms with Crippen LogP contribution in [0.1, 0.15) is 0 Å². The van der Waals surface area contributed by atoms with Crippen LogP contribution in [-0.2, 0) is 0 Å². The van der Waals surface area contributed by atoms with Gasteiger partial charge in [0.15, 0.2) is 0 Å². The monoisotopic (exact) mass is 342 g/mol. The molecule has 0 saturated carbocycles. The van der Waals surface area contributed by atoms with Crippen LogP contribution in [-0.4, -0.2) is 0 Å². The first-order valence-corrected chi connectivity index (χ1v) is 9.04. The molecule has 0 atom stereocenters. The molecule has 4 rings (SSSR count). The van der Waals surface area contributed by atoms with E-state index in [1.54, 1.807) is 0 Å². The van der Waals surface area contributed by atoms with Crippen molar-refractivity contribution in [1.29, 1.82) is 0 Å². The van der Waals surface area contributed by atoms with E-state index in [4.69, 9.17) is 5.14 Å². The van der Waals surface area contributed by atoms with Gasteiger partial charge in [-0.2, -0.15) is 0 Å². The standard InChI is InChI=1S/C22H18N2S/c23-25-22-14-12-20(13-15-22)24(19-8-2-1-3-9-19)21-11-10-17-6-4-5-7-18(17)16-21/h1-16H,23H2. The second-order valence-electron chi connectivity index (χ2n) is 5.81. The van der Waals surface area contributed by atoms with E-state index in [1.165, 1.54) is 22.7 Å². The number of anilines is 3. The molecule has 0 spiro atoms. The Morgan fingerprint density at radius 1 is 0.560 bits per heavy atom. The van der Waals surface area contributed by atoms with Crippen LogP contribution in [0.25, 0.3) is 10.8 Å². The van der Waals surface area contributed by atoms with E-state index in [2.05, 4.69) is 95.9 Å². The molecule has 4 aromatic rings. The van der Waals surface area contributed by atoms with Crippen molar-refractivity contribution < 1.29 is 0 Å². The van der Waals surface area contributed by atoms with E-state index in [0.29, 0.717) is 0 Å². The van der Waals surface area contributed by atoms with E-state index in [-0.39, 0.29) is 0 Å². The van der Waals surface area contributed by atoms with E-state index >= 15 is 0 Å². The van der Waals surface area contributed by atoms with Crippen LogP contribution in [0.4, 0.5) is 17.1 Å². The lowest BCUT2D eigenvalue weighted by molar-refractivity contribution is 1.27. The van der Waals surface area contributed by atoms with Gasteiger partial charge in [0.05, 0.1) is 0 Å². The Kier molecular flexibility index (Phi) is 4.42. The van der Waals surface area contributed by atoms with Crippen LogP contribution < -0.4 is 10.0 Å². The fourth-order valence-corrected chi connectivity index (χ4v) is 3.31. The molecule has 0 aliphatic rings. The van der Waals surface area contributed by atoms with Crippen LogP contribution in [0.3, 0.4) is 0 Å². The minimum atomic E-state index is 1.05. The largest absolute Gasteiger partial charge is 0.310 e. The summed E-state index contributed by atoms with van der Waals surface area (Å²) in [5, 5.41) is 8.14. The lowest BCUT2D eigenvalue weighted by atomic mass is 10.1. The van der Waals surface area contributed by atoms with E-state index in [0.717, 1.165) is 22.0 Å². The third kappa shape index (κ3) is 3.25. The fraction of sp³-hybridized carbons (Fsp3) is 0. The van der Waals surface area contributed by atoms with Crippen LogP contribution >= 0.6 is 11.9 Å². The number of hydrogen-bond donors (Lipinski definition) is 1. The SMILES string of the molecule is NSc1ccc(N(c2ccccc2)c2ccc3ccccc3c2)cc1. The molecule has 0 aliphatic heterocycles. The highest BCUT2D eigenvalue weighted by Gasteiger charge is 2.12. The quantitative estimate of drug-likeness (QED) is 0.443. The molecular formula is C22H18N2S. The van der Waals surface area contributed by atoms with Crippen molar-refractivity contribution in [2.24, 2.45) is 5.14 Å². The van der Waals surface area contributed by atoms with Gasteiger partial charge in [-0.3, -0.25) is 5.14 Å². The van der Waals surface area contributed by atoms with E-state index in [1.807, 2.05) is 6.07 Å². The van der Waals surface area contributed by atoms with Gasteiger partial charge < -0.3 is 4.90 Å². The Labute approximate surface area is 152 Å². The molecule has 0 unspecified atom stereocenters. The predicted molar refractivity (Wildman–Crippen MR) is 109 cm³/mol. The minimum absolute atomic E-state index is 1.05. The fourth-order valence-electron chi connectivity index (χ4n) is 3.01. The maximum Gasteiger partial charge on any atom is 0.0468 e. The molecule has 0 fully saturated rings. The smallest absolute Gasteiger partial charge is 0.0468 e. The third-order valence-corrected chi connectivity index (χ3v) is 4.78. The lowest BCUT2D eigenvalue weighted by Gasteiger charge is -2.26. The topological polar surface area (TPSA) is 29.3 Å². The van der Waals surface area contributed by atoms with Crippen molar-refractivity contribution in [3.63, 3.8) is 0 Å². The molecule has 4 aromatic carbocycles. The summed E-state index contributed by atoms with van der Waals surface area (Å²) in [5.74, 6) is 0. The van der Waals surface area contributed by atoms with Crippen LogP contribution in [0.2, 0.25) is 0 Å². The van der Waals surface area contributed by atoms with Crippen molar-refractivity contribution in [1.82, 2.24) is 0 Å². The molecule has 0 aromatic heterocycles. The maximum absolute atomic E-state index is 5.66. The van der Waals surface area contributed by atoms with Crippen LogP contribution in [0, 0.1) is 0 Å². The van der Waals surface area contributed by atoms with Gasteiger partial charge in [-0.05, 0) is 71.3 Å². The van der Waals surface area contributed by atoms with Gasteiger partial charge >= 0.3 is 0 Å². The van der Waals surface area contributed by atoms with Gasteiger partial charge in [0.1, 0.15) is 0 Å². The molecule has 122 valence electrons. The second-order valence-corrected chi connectivity index (χ2v) is 6.52. The lowest BCUT2D eigenvalue weighted by Crippen LogP contribution is -2.09. The molecule has 0 saturated heterocycles. The molecule has 0 heterocycles. The summed E-state index contributed by atoms with van der Waals surface area (Å²) in [7, 11) is 0. The number of nitrogens with two attached hydrogens (primary N) is 1. The molecule has 3 heteroatoms. The van der Waals surface area contributed by atoms with Gasteiger partial charge in [0.2, 0.25) is 0 Å². The van der Waals surface area contributed by atoms with Gasteiger partial charge in [-0.1, -0.05) is 48.5 Å². The summed E-state index contributed by atoms with van der Waals surface area (Å²) in [5.41, 5.74) is 3.38. The molecular weight excluding hydrogens is 324 g/mol. The second kappa shape index (κ2) is 7.01. The summed E-state index contributed by atoms with van der Waals surface area (Å²) in [4.78, 5) is 3.31. The van der Waals surface area contributed by atoms with Crippen LogP contribution in [0.5, 0.6) is 0 Å². The molecule has 2 nitrogen and oxygen atoms in total. The van der Waals surface area contributed by atoms with Crippen molar-refractivity contribution in [3.8, 4) is 0 Å². The first kappa shape index (κ1) is 15.8. The maximum atomic E-state index is 5.66. The highest BCUT2D eigenvalue weighted by Crippen LogP contribution is 2.36. The summed E-state index contributed by atoms with van der Waals surface area (Å²) >= 11 is 1.26. The third-order valence-electron chi connectivity index (χ3n) is 4.24. The zero-order valence-corrected chi connectivity index (χ0v) is 14.5. The first-order chi connectivity index (χ1) is 12.3. The van der Waals surface area contributed by atoms with E-state index < -0.39 is 0 Å². The zero-order valence-electron chi connectivity index (χ0n) is 13.7. The summed E-state index contributed by atoms with van der Waals surface area (Å²) in [6, 6.07) is 33.7. The van der Waals surface area contributed by atoms with Crippen molar-refractivity contribution in [2.45, 2.75) is 4.90 Å². The first-order valence-electron chi connectivity index (χ1n) is 8.16. The normalized spacial score (nSPS) is 10.8. The average Bonchev–Trinajstić information content (AvgIpc) is 2.69. The van der Waals surface area contributed by atoms with Gasteiger partial charge in [-0.25, -0.2) is 0 Å². The molecule has 0 aliphatic carbocycles. The number of nitrogens with zero attached hydrogens (tertiary/aromatic N) is 1. The molecule has 0 bridgehead atoms. The highest BCUT2D eigenvalue weighted by atomic mass is 32.2. The molecule has 0 radical (unpaired) electrons. The van der Waals surface area contributed by atoms with Crippen molar-refractivity contribution >= 4 is 39.8 Å².